The van der Waals surface area contributed by atoms with E-state index in [1.165, 1.54) is 0 Å². The van der Waals surface area contributed by atoms with E-state index in [1.54, 1.807) is 12.3 Å². The lowest BCUT2D eigenvalue weighted by molar-refractivity contribution is 0.580. The molecule has 0 aliphatic heterocycles. The first-order valence-corrected chi connectivity index (χ1v) is 3.06. The van der Waals surface area contributed by atoms with Crippen molar-refractivity contribution in [3.8, 4) is 11.5 Å². The molecule has 10 heavy (non-hydrogen) atoms. The fourth-order valence-electron chi connectivity index (χ4n) is 0.859. The number of H-pyrrole nitrogens is 1. The third kappa shape index (κ3) is 0.739. The molecule has 2 aromatic heterocycles. The van der Waals surface area contributed by atoms with Crippen molar-refractivity contribution in [2.45, 2.75) is 0 Å². The number of hydrogen-bond acceptors (Lipinski definition) is 1. The van der Waals surface area contributed by atoms with E-state index in [2.05, 4.69) is 11.1 Å². The minimum absolute atomic E-state index is 0.755. The van der Waals surface area contributed by atoms with Gasteiger partial charge in [0.2, 0.25) is 0 Å². The van der Waals surface area contributed by atoms with Crippen molar-refractivity contribution in [3.05, 3.63) is 36.7 Å². The van der Waals surface area contributed by atoms with Crippen molar-refractivity contribution in [1.29, 1.82) is 0 Å². The van der Waals surface area contributed by atoms with E-state index in [0.717, 1.165) is 11.5 Å². The van der Waals surface area contributed by atoms with Gasteiger partial charge >= 0.3 is 0 Å². The standard InChI is InChI=1S/C8H6NO/c1-3-7(9-5-1)8-4-2-6-10-8/h1-3,5-6,9H. The molecule has 1 radical (unpaired) electrons. The molecule has 2 heterocycles. The van der Waals surface area contributed by atoms with Gasteiger partial charge in [0.05, 0.1) is 12.0 Å². The van der Waals surface area contributed by atoms with Gasteiger partial charge in [-0.05, 0) is 18.2 Å². The van der Waals surface area contributed by atoms with Crippen LogP contribution in [0.25, 0.3) is 11.5 Å². The van der Waals surface area contributed by atoms with E-state index in [9.17, 15) is 0 Å². The Bertz CT molecular complexity index is 249. The molecule has 0 aliphatic rings. The molecule has 0 saturated heterocycles. The maximum absolute atomic E-state index is 5.09. The van der Waals surface area contributed by atoms with E-state index in [1.807, 2.05) is 18.3 Å². The molecule has 0 saturated carbocycles. The summed E-state index contributed by atoms with van der Waals surface area (Å²) in [6.45, 7) is 0. The topological polar surface area (TPSA) is 28.9 Å². The van der Waals surface area contributed by atoms with E-state index in [4.69, 9.17) is 4.42 Å². The average molecular weight is 132 g/mol. The van der Waals surface area contributed by atoms with Crippen LogP contribution in [0.15, 0.2) is 35.1 Å². The molecular weight excluding hydrogens is 126 g/mol. The second kappa shape index (κ2) is 2.06. The predicted molar refractivity (Wildman–Crippen MR) is 37.3 cm³/mol. The van der Waals surface area contributed by atoms with Crippen LogP contribution in [0, 0.1) is 6.07 Å². The van der Waals surface area contributed by atoms with Crippen molar-refractivity contribution in [1.82, 2.24) is 4.98 Å². The molecule has 2 aromatic rings. The van der Waals surface area contributed by atoms with Crippen molar-refractivity contribution in [3.63, 3.8) is 0 Å². The molecule has 2 heteroatoms. The van der Waals surface area contributed by atoms with E-state index < -0.39 is 0 Å². The van der Waals surface area contributed by atoms with Crippen LogP contribution in [0.5, 0.6) is 0 Å². The quantitative estimate of drug-likeness (QED) is 0.632. The first kappa shape index (κ1) is 5.35. The lowest BCUT2D eigenvalue weighted by atomic mass is 10.3. The number of rotatable bonds is 1. The second-order valence-electron chi connectivity index (χ2n) is 1.98. The number of hydrogen-bond donors (Lipinski definition) is 1. The number of nitrogens with one attached hydrogen (secondary N) is 1. The van der Waals surface area contributed by atoms with Crippen LogP contribution in [0.4, 0.5) is 0 Å². The van der Waals surface area contributed by atoms with Crippen LogP contribution >= 0.6 is 0 Å². The molecule has 0 bridgehead atoms. The Balaban J connectivity index is 2.48. The minimum Gasteiger partial charge on any atom is -0.462 e. The summed E-state index contributed by atoms with van der Waals surface area (Å²) in [6.07, 6.45) is 3.46. The lowest BCUT2D eigenvalue weighted by Crippen LogP contribution is -1.68. The maximum Gasteiger partial charge on any atom is 0.157 e. The highest BCUT2D eigenvalue weighted by atomic mass is 16.3. The van der Waals surface area contributed by atoms with Crippen LogP contribution in [-0.4, -0.2) is 4.98 Å². The average Bonchev–Trinajstić information content (AvgIpc) is 2.59. The summed E-state index contributed by atoms with van der Waals surface area (Å²) < 4.78 is 5.09. The third-order valence-electron chi connectivity index (χ3n) is 1.31. The highest BCUT2D eigenvalue weighted by Gasteiger charge is 1.97. The molecule has 2 rings (SSSR count). The molecule has 0 aliphatic carbocycles. The monoisotopic (exact) mass is 132 g/mol. The van der Waals surface area contributed by atoms with Gasteiger partial charge in [-0.25, -0.2) is 0 Å². The van der Waals surface area contributed by atoms with Gasteiger partial charge in [-0.15, -0.1) is 0 Å². The van der Waals surface area contributed by atoms with E-state index >= 15 is 0 Å². The highest BCUT2D eigenvalue weighted by molar-refractivity contribution is 5.50. The first-order chi connectivity index (χ1) is 4.97. The number of aromatic nitrogens is 1. The van der Waals surface area contributed by atoms with Gasteiger partial charge in [0.15, 0.2) is 5.76 Å². The summed E-state index contributed by atoms with van der Waals surface area (Å²) in [6, 6.07) is 8.55. The van der Waals surface area contributed by atoms with E-state index in [0.29, 0.717) is 0 Å². The van der Waals surface area contributed by atoms with Gasteiger partial charge in [-0.3, -0.25) is 0 Å². The first-order valence-electron chi connectivity index (χ1n) is 3.06. The minimum atomic E-state index is 0.755. The van der Waals surface area contributed by atoms with Crippen LogP contribution in [0.3, 0.4) is 0 Å². The molecule has 0 aromatic carbocycles. The maximum atomic E-state index is 5.09. The summed E-state index contributed by atoms with van der Waals surface area (Å²) in [5.74, 6) is 0.755. The Morgan fingerprint density at radius 1 is 1.50 bits per heavy atom. The fourth-order valence-corrected chi connectivity index (χ4v) is 0.859. The van der Waals surface area contributed by atoms with Crippen LogP contribution in [0.1, 0.15) is 0 Å². The van der Waals surface area contributed by atoms with Gasteiger partial charge in [-0.2, -0.15) is 0 Å². The zero-order chi connectivity index (χ0) is 6.81. The summed E-state index contributed by atoms with van der Waals surface area (Å²) in [5, 5.41) is 0. The molecular formula is C8H6NO. The Morgan fingerprint density at radius 2 is 2.50 bits per heavy atom. The van der Waals surface area contributed by atoms with Crippen molar-refractivity contribution in [2.24, 2.45) is 0 Å². The zero-order valence-electron chi connectivity index (χ0n) is 5.29. The summed E-state index contributed by atoms with van der Waals surface area (Å²) in [7, 11) is 0. The second-order valence-corrected chi connectivity index (χ2v) is 1.98. The molecule has 0 atom stereocenters. The SMILES string of the molecule is [c]1ccoc1-c1ccc[nH]1. The molecule has 2 nitrogen and oxygen atoms in total. The molecule has 49 valence electrons. The number of aromatic amines is 1. The van der Waals surface area contributed by atoms with E-state index in [-0.39, 0.29) is 0 Å². The largest absolute Gasteiger partial charge is 0.462 e. The van der Waals surface area contributed by atoms with Crippen LogP contribution in [0.2, 0.25) is 0 Å². The van der Waals surface area contributed by atoms with Gasteiger partial charge in [-0.1, -0.05) is 0 Å². The van der Waals surface area contributed by atoms with Crippen LogP contribution in [-0.2, 0) is 0 Å². The molecule has 0 spiro atoms. The smallest absolute Gasteiger partial charge is 0.157 e. The summed E-state index contributed by atoms with van der Waals surface area (Å²) >= 11 is 0. The summed E-state index contributed by atoms with van der Waals surface area (Å²) in [4.78, 5) is 3.01. The Kier molecular flexibility index (Phi) is 1.10. The molecule has 1 N–H and O–H groups in total. The molecule has 0 fully saturated rings. The Labute approximate surface area is 58.5 Å². The van der Waals surface area contributed by atoms with Crippen molar-refractivity contribution < 1.29 is 4.42 Å². The third-order valence-corrected chi connectivity index (χ3v) is 1.31. The van der Waals surface area contributed by atoms with Gasteiger partial charge in [0.25, 0.3) is 0 Å². The van der Waals surface area contributed by atoms with Gasteiger partial charge in [0, 0.05) is 12.3 Å². The van der Waals surface area contributed by atoms with Gasteiger partial charge in [0.1, 0.15) is 0 Å². The lowest BCUT2D eigenvalue weighted by Gasteiger charge is -1.86. The fraction of sp³-hybridized carbons (Fsp3) is 0. The van der Waals surface area contributed by atoms with Crippen molar-refractivity contribution in [2.75, 3.05) is 0 Å². The normalized spacial score (nSPS) is 10.0. The highest BCUT2D eigenvalue weighted by Crippen LogP contribution is 2.15. The Morgan fingerprint density at radius 3 is 3.10 bits per heavy atom. The van der Waals surface area contributed by atoms with Gasteiger partial charge < -0.3 is 9.40 Å². The molecule has 0 amide bonds. The zero-order valence-corrected chi connectivity index (χ0v) is 5.29. The number of furan rings is 1. The Hall–Kier alpha value is -1.44. The van der Waals surface area contributed by atoms with Crippen LogP contribution < -0.4 is 0 Å². The molecule has 0 unspecified atom stereocenters. The van der Waals surface area contributed by atoms with Crippen molar-refractivity contribution >= 4 is 0 Å². The summed E-state index contributed by atoms with van der Waals surface area (Å²) in [5.41, 5.74) is 0.963. The predicted octanol–water partition coefficient (Wildman–Crippen LogP) is 2.07.